The van der Waals surface area contributed by atoms with Crippen LogP contribution in [0.25, 0.3) is 43.5 Å². The van der Waals surface area contributed by atoms with Crippen molar-refractivity contribution in [1.82, 2.24) is 54.3 Å². The third-order valence-electron chi connectivity index (χ3n) is 9.77. The van der Waals surface area contributed by atoms with Gasteiger partial charge >= 0.3 is 12.0 Å². The van der Waals surface area contributed by atoms with Gasteiger partial charge in [0, 0.05) is 67.3 Å². The zero-order chi connectivity index (χ0) is 45.8. The van der Waals surface area contributed by atoms with Crippen molar-refractivity contribution in [1.29, 1.82) is 0 Å². The van der Waals surface area contributed by atoms with Gasteiger partial charge in [0.25, 0.3) is 5.91 Å². The van der Waals surface area contributed by atoms with E-state index >= 15 is 0 Å². The summed E-state index contributed by atoms with van der Waals surface area (Å²) in [6, 6.07) is 6.87. The van der Waals surface area contributed by atoms with Crippen molar-refractivity contribution < 1.29 is 33.8 Å². The van der Waals surface area contributed by atoms with Crippen molar-refractivity contribution >= 4 is 74.5 Å². The Morgan fingerprint density at radius 3 is 1.61 bits per heavy atom. The second-order valence-corrected chi connectivity index (χ2v) is 18.9. The molecule has 9 heterocycles. The van der Waals surface area contributed by atoms with Crippen LogP contribution >= 0.6 is 22.7 Å². The number of carbonyl (C=O) groups is 5. The number of aromatic amines is 2. The largest absolute Gasteiger partial charge is 0.477 e. The minimum Gasteiger partial charge on any atom is -0.477 e. The number of Topliss-reactive ketones (excluding diaryl/α,β-unsaturated/α-hetero) is 2. The molecule has 8 aromatic rings. The molecule has 0 radical (unpaired) electrons. The van der Waals surface area contributed by atoms with Crippen molar-refractivity contribution in [3.63, 3.8) is 0 Å². The first kappa shape index (κ1) is 45.0. The summed E-state index contributed by atoms with van der Waals surface area (Å²) >= 11 is 2.50. The number of amides is 1. The van der Waals surface area contributed by atoms with Gasteiger partial charge in [0.1, 0.15) is 28.6 Å². The lowest BCUT2D eigenvalue weighted by Gasteiger charge is -2.22. The monoisotopic (exact) mass is 903 g/mol. The topological polar surface area (TPSA) is 246 Å². The number of imidazole rings is 2. The van der Waals surface area contributed by atoms with Crippen molar-refractivity contribution in [3.8, 4) is 21.1 Å². The van der Waals surface area contributed by atoms with E-state index in [-0.39, 0.29) is 34.4 Å². The lowest BCUT2D eigenvalue weighted by molar-refractivity contribution is 0.0691. The molecule has 0 aliphatic carbocycles. The van der Waals surface area contributed by atoms with Gasteiger partial charge < -0.3 is 25.1 Å². The highest BCUT2D eigenvalue weighted by Gasteiger charge is 2.28. The molecule has 4 N–H and O–H groups in total. The maximum atomic E-state index is 12.7. The number of hydrogen-bond acceptors (Lipinski definition) is 14. The number of thiophene rings is 2. The Morgan fingerprint density at radius 1 is 0.719 bits per heavy atom. The SMILES string of the molecule is CC(C)(C)C(=O)c1c[nH]c2ncc(-c3ccc(C(=O)NC4CCOCC4)s3)nc12.CC(C)(C)C(=O)c1c[nH]c2ncc(-c3ccc(C(=O)O)s3)nc12.O=C(n1ccnc1)n1ccnc1. The van der Waals surface area contributed by atoms with Gasteiger partial charge in [-0.1, -0.05) is 41.5 Å². The maximum Gasteiger partial charge on any atom is 0.345 e. The van der Waals surface area contributed by atoms with Crippen LogP contribution in [0.2, 0.25) is 0 Å². The van der Waals surface area contributed by atoms with Crippen molar-refractivity contribution in [2.45, 2.75) is 60.4 Å². The second kappa shape index (κ2) is 18.8. The lowest BCUT2D eigenvalue weighted by atomic mass is 9.87. The average molecular weight is 904 g/mol. The molecular weight excluding hydrogens is 859 g/mol. The highest BCUT2D eigenvalue weighted by atomic mass is 32.1. The fourth-order valence-electron chi connectivity index (χ4n) is 6.34. The Labute approximate surface area is 374 Å². The molecule has 18 nitrogen and oxygen atoms in total. The molecule has 0 atom stereocenters. The van der Waals surface area contributed by atoms with E-state index in [1.807, 2.05) is 47.6 Å². The zero-order valence-electron chi connectivity index (χ0n) is 35.8. The molecule has 0 unspecified atom stereocenters. The number of aromatic nitrogens is 10. The maximum absolute atomic E-state index is 12.7. The highest BCUT2D eigenvalue weighted by Crippen LogP contribution is 2.32. The van der Waals surface area contributed by atoms with Crippen molar-refractivity contribution in [2.75, 3.05) is 13.2 Å². The molecular formula is C44H45N11O7S2. The standard InChI is InChI=1S/C21H24N4O3S.C16H15N3O3S.C7H6N4O/c1-21(2,3)18(26)13-10-22-19-17(13)25-14(11-23-19)15-4-5-16(29-15)20(27)24-12-6-8-28-9-7-12;1-16(2,3)13(20)8-6-17-14-12(8)19-9(7-18-14)10-4-5-11(23-10)15(21)22;12-7(10-3-1-8-5-10)11-4-2-9-6-11/h4-5,10-12H,6-9H2,1-3H3,(H,22,23)(H,24,27);4-7H,1-3H3,(H,17,18)(H,21,22);1-6H. The van der Waals surface area contributed by atoms with Gasteiger partial charge in [0.2, 0.25) is 0 Å². The number of nitrogens with zero attached hydrogens (tertiary/aromatic N) is 8. The summed E-state index contributed by atoms with van der Waals surface area (Å²) in [4.78, 5) is 94.0. The first-order chi connectivity index (χ1) is 30.5. The van der Waals surface area contributed by atoms with Crippen molar-refractivity contribution in [2.24, 2.45) is 10.8 Å². The number of carboxylic acids is 1. The van der Waals surface area contributed by atoms with Crippen LogP contribution in [0.5, 0.6) is 0 Å². The Bertz CT molecular complexity index is 2910. The predicted molar refractivity (Wildman–Crippen MR) is 241 cm³/mol. The molecule has 8 aromatic heterocycles. The highest BCUT2D eigenvalue weighted by molar-refractivity contribution is 7.17. The normalized spacial score (nSPS) is 13.2. The Hall–Kier alpha value is -7.03. The molecule has 9 rings (SSSR count). The molecule has 0 aromatic carbocycles. The number of carboxylic acid groups (broad SMARTS) is 1. The number of fused-ring (bicyclic) bond motifs is 2. The van der Waals surface area contributed by atoms with Gasteiger partial charge in [-0.2, -0.15) is 0 Å². The van der Waals surface area contributed by atoms with Crippen LogP contribution < -0.4 is 5.32 Å². The molecule has 0 saturated carbocycles. The van der Waals surface area contributed by atoms with Crippen LogP contribution in [0.1, 0.15) is 94.4 Å². The molecule has 330 valence electrons. The number of rotatable bonds is 7. The minimum absolute atomic E-state index is 0.0120. The molecule has 64 heavy (non-hydrogen) atoms. The van der Waals surface area contributed by atoms with Gasteiger partial charge in [0.15, 0.2) is 22.9 Å². The summed E-state index contributed by atoms with van der Waals surface area (Å²) < 4.78 is 8.09. The van der Waals surface area contributed by atoms with Crippen LogP contribution in [0.15, 0.2) is 86.5 Å². The van der Waals surface area contributed by atoms with Crippen LogP contribution in [0.4, 0.5) is 4.79 Å². The van der Waals surface area contributed by atoms with Crippen molar-refractivity contribution in [3.05, 3.63) is 107 Å². The molecule has 0 bridgehead atoms. The van der Waals surface area contributed by atoms with E-state index in [0.717, 1.165) is 29.1 Å². The second-order valence-electron chi connectivity index (χ2n) is 16.7. The first-order valence-electron chi connectivity index (χ1n) is 20.1. The lowest BCUT2D eigenvalue weighted by Crippen LogP contribution is -2.38. The van der Waals surface area contributed by atoms with E-state index in [0.29, 0.717) is 67.8 Å². The third kappa shape index (κ3) is 10.3. The number of hydrogen-bond donors (Lipinski definition) is 4. The molecule has 1 aliphatic heterocycles. The fraction of sp³-hybridized carbons (Fsp3) is 0.295. The predicted octanol–water partition coefficient (Wildman–Crippen LogP) is 8.03. The van der Waals surface area contributed by atoms with Crippen LogP contribution in [-0.2, 0) is 4.74 Å². The summed E-state index contributed by atoms with van der Waals surface area (Å²) in [5.74, 6) is -1.06. The first-order valence-corrected chi connectivity index (χ1v) is 21.7. The Kier molecular flexibility index (Phi) is 13.2. The minimum atomic E-state index is -0.972. The molecule has 1 aliphatic rings. The molecule has 1 saturated heterocycles. The average Bonchev–Trinajstić information content (AvgIpc) is 4.13. The molecule has 1 fully saturated rings. The summed E-state index contributed by atoms with van der Waals surface area (Å²) in [5, 5.41) is 12.1. The quantitative estimate of drug-likeness (QED) is 0.111. The van der Waals surface area contributed by atoms with E-state index in [2.05, 4.69) is 45.2 Å². The molecule has 1 amide bonds. The smallest absolute Gasteiger partial charge is 0.345 e. The number of H-pyrrole nitrogens is 2. The number of carbonyl (C=O) groups excluding carboxylic acids is 4. The summed E-state index contributed by atoms with van der Waals surface area (Å²) in [5.41, 5.74) is 3.39. The third-order valence-corrected chi connectivity index (χ3v) is 12.0. The van der Waals surface area contributed by atoms with E-state index in [4.69, 9.17) is 9.84 Å². The van der Waals surface area contributed by atoms with E-state index in [1.165, 1.54) is 39.2 Å². The zero-order valence-corrected chi connectivity index (χ0v) is 37.4. The fourth-order valence-corrected chi connectivity index (χ4v) is 8.00. The number of aromatic carboxylic acids is 1. The number of nitrogens with one attached hydrogen (secondary N) is 3. The van der Waals surface area contributed by atoms with Gasteiger partial charge in [-0.15, -0.1) is 22.7 Å². The molecule has 0 spiro atoms. The van der Waals surface area contributed by atoms with Gasteiger partial charge in [-0.3, -0.25) is 23.5 Å². The van der Waals surface area contributed by atoms with E-state index in [1.54, 1.807) is 61.7 Å². The van der Waals surface area contributed by atoms with E-state index in [9.17, 15) is 24.0 Å². The van der Waals surface area contributed by atoms with Gasteiger partial charge in [-0.05, 0) is 37.1 Å². The number of ketones is 2. The summed E-state index contributed by atoms with van der Waals surface area (Å²) in [6.07, 6.45) is 17.4. The Morgan fingerprint density at radius 2 is 1.19 bits per heavy atom. The van der Waals surface area contributed by atoms with Crippen LogP contribution in [0.3, 0.4) is 0 Å². The molecule has 20 heteroatoms. The van der Waals surface area contributed by atoms with Gasteiger partial charge in [0.05, 0.1) is 49.5 Å². The summed E-state index contributed by atoms with van der Waals surface area (Å²) in [6.45, 7) is 12.6. The van der Waals surface area contributed by atoms with Crippen LogP contribution in [-0.4, -0.2) is 103 Å². The number of ether oxygens (including phenoxy) is 1. The van der Waals surface area contributed by atoms with Crippen LogP contribution in [0, 0.1) is 10.8 Å². The van der Waals surface area contributed by atoms with Gasteiger partial charge in [-0.25, -0.2) is 39.5 Å². The van der Waals surface area contributed by atoms with E-state index < -0.39 is 16.8 Å². The Balaban J connectivity index is 0.000000155. The summed E-state index contributed by atoms with van der Waals surface area (Å²) in [7, 11) is 0.